The highest BCUT2D eigenvalue weighted by atomic mass is 16.2. The first kappa shape index (κ1) is 14.3. The molecule has 1 aromatic rings. The number of piperidine rings is 2. The summed E-state index contributed by atoms with van der Waals surface area (Å²) in [5, 5.41) is 0. The molecule has 5 nitrogen and oxygen atoms in total. The van der Waals surface area contributed by atoms with Crippen molar-refractivity contribution in [1.29, 1.82) is 0 Å². The molecule has 0 N–H and O–H groups in total. The summed E-state index contributed by atoms with van der Waals surface area (Å²) in [7, 11) is 0. The molecule has 0 aromatic carbocycles. The van der Waals surface area contributed by atoms with Gasteiger partial charge in [-0.05, 0) is 45.1 Å². The third-order valence-electron chi connectivity index (χ3n) is 4.52. The molecule has 114 valence electrons. The number of likely N-dealkylation sites (tertiary alicyclic amines) is 1. The maximum atomic E-state index is 12.7. The van der Waals surface area contributed by atoms with Crippen LogP contribution in [0.25, 0.3) is 0 Å². The van der Waals surface area contributed by atoms with Gasteiger partial charge in [0.2, 0.25) is 5.91 Å². The molecule has 0 saturated carbocycles. The topological polar surface area (TPSA) is 49.3 Å². The van der Waals surface area contributed by atoms with E-state index in [-0.39, 0.29) is 5.92 Å². The Balaban J connectivity index is 1.66. The summed E-state index contributed by atoms with van der Waals surface area (Å²) < 4.78 is 0. The van der Waals surface area contributed by atoms with Crippen molar-refractivity contribution in [1.82, 2.24) is 14.9 Å². The van der Waals surface area contributed by atoms with E-state index in [4.69, 9.17) is 0 Å². The molecule has 0 spiro atoms. The lowest BCUT2D eigenvalue weighted by Gasteiger charge is -2.36. The highest BCUT2D eigenvalue weighted by Gasteiger charge is 2.30. The van der Waals surface area contributed by atoms with Crippen molar-refractivity contribution in [2.45, 2.75) is 39.0 Å². The van der Waals surface area contributed by atoms with Crippen molar-refractivity contribution in [2.75, 3.05) is 31.1 Å². The summed E-state index contributed by atoms with van der Waals surface area (Å²) >= 11 is 0. The summed E-state index contributed by atoms with van der Waals surface area (Å²) in [6.07, 6.45) is 7.46. The Morgan fingerprint density at radius 1 is 1.19 bits per heavy atom. The van der Waals surface area contributed by atoms with Gasteiger partial charge in [0, 0.05) is 32.4 Å². The van der Waals surface area contributed by atoms with E-state index in [0.29, 0.717) is 5.91 Å². The van der Waals surface area contributed by atoms with Crippen molar-refractivity contribution in [3.63, 3.8) is 0 Å². The van der Waals surface area contributed by atoms with E-state index in [9.17, 15) is 4.79 Å². The third kappa shape index (κ3) is 3.34. The van der Waals surface area contributed by atoms with E-state index >= 15 is 0 Å². The number of anilines is 1. The molecule has 2 fully saturated rings. The van der Waals surface area contributed by atoms with E-state index < -0.39 is 0 Å². The Hall–Kier alpha value is -1.65. The van der Waals surface area contributed by atoms with Crippen LogP contribution in [0.1, 0.15) is 37.9 Å². The van der Waals surface area contributed by atoms with E-state index in [1.165, 1.54) is 6.42 Å². The smallest absolute Gasteiger partial charge is 0.227 e. The Bertz CT molecular complexity index is 499. The fourth-order valence-electron chi connectivity index (χ4n) is 3.38. The Labute approximate surface area is 126 Å². The van der Waals surface area contributed by atoms with Gasteiger partial charge >= 0.3 is 0 Å². The molecule has 0 radical (unpaired) electrons. The van der Waals surface area contributed by atoms with E-state index in [1.807, 2.05) is 13.0 Å². The van der Waals surface area contributed by atoms with Crippen LogP contribution < -0.4 is 4.90 Å². The Morgan fingerprint density at radius 2 is 2.00 bits per heavy atom. The van der Waals surface area contributed by atoms with Gasteiger partial charge in [0.15, 0.2) is 0 Å². The molecule has 1 amide bonds. The largest absolute Gasteiger partial charge is 0.356 e. The van der Waals surface area contributed by atoms with Crippen LogP contribution in [0.2, 0.25) is 0 Å². The zero-order chi connectivity index (χ0) is 14.7. The monoisotopic (exact) mass is 288 g/mol. The van der Waals surface area contributed by atoms with Gasteiger partial charge in [0.05, 0.1) is 5.92 Å². The molecule has 2 aliphatic heterocycles. The first-order valence-electron chi connectivity index (χ1n) is 8.07. The maximum absolute atomic E-state index is 12.7. The number of carbonyl (C=O) groups excluding carboxylic acids is 1. The number of rotatable bonds is 2. The van der Waals surface area contributed by atoms with Crippen LogP contribution in [0.3, 0.4) is 0 Å². The summed E-state index contributed by atoms with van der Waals surface area (Å²) in [5.41, 5.74) is 0. The van der Waals surface area contributed by atoms with E-state index in [0.717, 1.165) is 63.5 Å². The molecule has 1 unspecified atom stereocenters. The van der Waals surface area contributed by atoms with Crippen LogP contribution in [0.15, 0.2) is 12.3 Å². The van der Waals surface area contributed by atoms with Gasteiger partial charge in [-0.15, -0.1) is 0 Å². The van der Waals surface area contributed by atoms with Gasteiger partial charge in [-0.25, -0.2) is 9.97 Å². The second-order valence-corrected chi connectivity index (χ2v) is 6.13. The van der Waals surface area contributed by atoms with Crippen LogP contribution in [0.5, 0.6) is 0 Å². The fraction of sp³-hybridized carbons (Fsp3) is 0.688. The second kappa shape index (κ2) is 6.41. The highest BCUT2D eigenvalue weighted by Crippen LogP contribution is 2.24. The predicted molar refractivity (Wildman–Crippen MR) is 82.1 cm³/mol. The molecular weight excluding hydrogens is 264 g/mol. The zero-order valence-electron chi connectivity index (χ0n) is 12.8. The van der Waals surface area contributed by atoms with Crippen molar-refractivity contribution < 1.29 is 4.79 Å². The summed E-state index contributed by atoms with van der Waals surface area (Å²) in [5.74, 6) is 2.23. The molecule has 5 heteroatoms. The first-order valence-corrected chi connectivity index (χ1v) is 8.07. The molecule has 0 aliphatic carbocycles. The number of nitrogens with zero attached hydrogens (tertiary/aromatic N) is 4. The van der Waals surface area contributed by atoms with Crippen LogP contribution in [0, 0.1) is 12.8 Å². The number of amides is 1. The number of aryl methyl sites for hydroxylation is 1. The van der Waals surface area contributed by atoms with Crippen molar-refractivity contribution in [3.8, 4) is 0 Å². The molecular formula is C16H24N4O. The molecule has 3 rings (SSSR count). The highest BCUT2D eigenvalue weighted by molar-refractivity contribution is 5.79. The Kier molecular flexibility index (Phi) is 4.36. The first-order chi connectivity index (χ1) is 10.2. The lowest BCUT2D eigenvalue weighted by Crippen LogP contribution is -2.46. The fourth-order valence-corrected chi connectivity index (χ4v) is 3.38. The van der Waals surface area contributed by atoms with Crippen molar-refractivity contribution in [3.05, 3.63) is 18.1 Å². The molecule has 0 bridgehead atoms. The average molecular weight is 288 g/mol. The van der Waals surface area contributed by atoms with Gasteiger partial charge < -0.3 is 9.80 Å². The summed E-state index contributed by atoms with van der Waals surface area (Å²) in [6.45, 7) is 5.58. The molecule has 21 heavy (non-hydrogen) atoms. The number of hydrogen-bond acceptors (Lipinski definition) is 4. The quantitative estimate of drug-likeness (QED) is 0.835. The normalized spacial score (nSPS) is 23.2. The third-order valence-corrected chi connectivity index (χ3v) is 4.52. The zero-order valence-corrected chi connectivity index (χ0v) is 12.8. The lowest BCUT2D eigenvalue weighted by molar-refractivity contribution is -0.136. The summed E-state index contributed by atoms with van der Waals surface area (Å²) in [6, 6.07) is 1.95. The predicted octanol–water partition coefficient (Wildman–Crippen LogP) is 2.01. The van der Waals surface area contributed by atoms with Gasteiger partial charge in [0.25, 0.3) is 0 Å². The van der Waals surface area contributed by atoms with Crippen molar-refractivity contribution >= 4 is 11.7 Å². The van der Waals surface area contributed by atoms with Crippen LogP contribution >= 0.6 is 0 Å². The minimum absolute atomic E-state index is 0.132. The second-order valence-electron chi connectivity index (χ2n) is 6.13. The SMILES string of the molecule is Cc1nccc(N2CCCC(C(=O)N3CCCCC3)C2)n1. The minimum atomic E-state index is 0.132. The van der Waals surface area contributed by atoms with E-state index in [2.05, 4.69) is 19.8 Å². The summed E-state index contributed by atoms with van der Waals surface area (Å²) in [4.78, 5) is 25.6. The van der Waals surface area contributed by atoms with Crippen LogP contribution in [-0.2, 0) is 4.79 Å². The van der Waals surface area contributed by atoms with Gasteiger partial charge in [-0.1, -0.05) is 0 Å². The molecule has 3 heterocycles. The number of aromatic nitrogens is 2. The average Bonchev–Trinajstić information content (AvgIpc) is 2.55. The minimum Gasteiger partial charge on any atom is -0.356 e. The van der Waals surface area contributed by atoms with Crippen LogP contribution in [-0.4, -0.2) is 47.0 Å². The molecule has 1 atom stereocenters. The number of carbonyl (C=O) groups is 1. The molecule has 2 saturated heterocycles. The van der Waals surface area contributed by atoms with Gasteiger partial charge in [-0.3, -0.25) is 4.79 Å². The molecule has 2 aliphatic rings. The lowest BCUT2D eigenvalue weighted by atomic mass is 9.95. The standard InChI is InChI=1S/C16H24N4O/c1-13-17-8-7-15(18-13)20-11-5-6-14(12-20)16(21)19-9-3-2-4-10-19/h7-8,14H,2-6,9-12H2,1H3. The van der Waals surface area contributed by atoms with Crippen molar-refractivity contribution in [2.24, 2.45) is 5.92 Å². The van der Waals surface area contributed by atoms with Gasteiger partial charge in [0.1, 0.15) is 11.6 Å². The Morgan fingerprint density at radius 3 is 2.76 bits per heavy atom. The van der Waals surface area contributed by atoms with Crippen LogP contribution in [0.4, 0.5) is 5.82 Å². The molecule has 1 aromatic heterocycles. The van der Waals surface area contributed by atoms with E-state index in [1.54, 1.807) is 6.20 Å². The number of hydrogen-bond donors (Lipinski definition) is 0. The maximum Gasteiger partial charge on any atom is 0.227 e. The van der Waals surface area contributed by atoms with Gasteiger partial charge in [-0.2, -0.15) is 0 Å².